The zero-order chi connectivity index (χ0) is 12.4. The van der Waals surface area contributed by atoms with Gasteiger partial charge in [0.15, 0.2) is 8.32 Å². The largest absolute Gasteiger partial charge is 0.417 e. The van der Waals surface area contributed by atoms with E-state index in [2.05, 4.69) is 19.6 Å². The SMILES string of the molecule is C[Si](C)(C)OCC1CCN(S(C)(=O)=O)CC1. The summed E-state index contributed by atoms with van der Waals surface area (Å²) in [5.74, 6) is 0.532. The first-order chi connectivity index (χ1) is 7.18. The van der Waals surface area contributed by atoms with Crippen LogP contribution in [0.5, 0.6) is 0 Å². The molecule has 6 heteroatoms. The molecule has 0 spiro atoms. The Morgan fingerprint density at radius 3 is 2.12 bits per heavy atom. The van der Waals surface area contributed by atoms with Crippen molar-refractivity contribution in [3.63, 3.8) is 0 Å². The highest BCUT2D eigenvalue weighted by atomic mass is 32.2. The van der Waals surface area contributed by atoms with Crippen molar-refractivity contribution in [1.82, 2.24) is 4.31 Å². The van der Waals surface area contributed by atoms with Gasteiger partial charge in [-0.05, 0) is 38.4 Å². The number of hydrogen-bond acceptors (Lipinski definition) is 3. The van der Waals surface area contributed by atoms with Crippen LogP contribution in [-0.4, -0.2) is 47.0 Å². The number of piperidine rings is 1. The zero-order valence-electron chi connectivity index (χ0n) is 10.7. The quantitative estimate of drug-likeness (QED) is 0.724. The third-order valence-electron chi connectivity index (χ3n) is 2.79. The predicted molar refractivity (Wildman–Crippen MR) is 68.4 cm³/mol. The maximum Gasteiger partial charge on any atom is 0.211 e. The van der Waals surface area contributed by atoms with Gasteiger partial charge in [0.05, 0.1) is 6.26 Å². The van der Waals surface area contributed by atoms with Crippen LogP contribution in [0.25, 0.3) is 0 Å². The molecule has 1 aliphatic rings. The molecule has 0 aromatic heterocycles. The van der Waals surface area contributed by atoms with E-state index in [1.165, 1.54) is 6.26 Å². The summed E-state index contributed by atoms with van der Waals surface area (Å²) in [5.41, 5.74) is 0. The lowest BCUT2D eigenvalue weighted by molar-refractivity contribution is 0.181. The highest BCUT2D eigenvalue weighted by molar-refractivity contribution is 7.88. The summed E-state index contributed by atoms with van der Waals surface area (Å²) < 4.78 is 30.1. The molecule has 1 fully saturated rings. The van der Waals surface area contributed by atoms with Crippen molar-refractivity contribution < 1.29 is 12.8 Å². The van der Waals surface area contributed by atoms with Crippen molar-refractivity contribution in [1.29, 1.82) is 0 Å². The number of hydrogen-bond donors (Lipinski definition) is 0. The van der Waals surface area contributed by atoms with Gasteiger partial charge in [0.2, 0.25) is 10.0 Å². The fourth-order valence-electron chi connectivity index (χ4n) is 1.78. The Morgan fingerprint density at radius 1 is 1.25 bits per heavy atom. The van der Waals surface area contributed by atoms with E-state index in [4.69, 9.17) is 4.43 Å². The summed E-state index contributed by atoms with van der Waals surface area (Å²) >= 11 is 0. The fraction of sp³-hybridized carbons (Fsp3) is 1.00. The maximum absolute atomic E-state index is 11.3. The monoisotopic (exact) mass is 265 g/mol. The summed E-state index contributed by atoms with van der Waals surface area (Å²) in [6.45, 7) is 8.64. The summed E-state index contributed by atoms with van der Waals surface area (Å²) in [5, 5.41) is 0. The van der Waals surface area contributed by atoms with Crippen LogP contribution in [0.2, 0.25) is 19.6 Å². The van der Waals surface area contributed by atoms with Gasteiger partial charge in [-0.15, -0.1) is 0 Å². The lowest BCUT2D eigenvalue weighted by Crippen LogP contribution is -2.39. The van der Waals surface area contributed by atoms with Crippen LogP contribution >= 0.6 is 0 Å². The predicted octanol–water partition coefficient (Wildman–Crippen LogP) is 1.51. The topological polar surface area (TPSA) is 46.6 Å². The van der Waals surface area contributed by atoms with E-state index in [1.54, 1.807) is 4.31 Å². The van der Waals surface area contributed by atoms with E-state index >= 15 is 0 Å². The van der Waals surface area contributed by atoms with Crippen molar-refractivity contribution >= 4 is 18.3 Å². The molecule has 1 rings (SSSR count). The highest BCUT2D eigenvalue weighted by Crippen LogP contribution is 2.20. The standard InChI is InChI=1S/C10H23NO3SSi/c1-15(12,13)11-7-5-10(6-8-11)9-14-16(2,3)4/h10H,5-9H2,1-4H3. The third-order valence-corrected chi connectivity index (χ3v) is 5.13. The Bertz CT molecular complexity index is 315. The lowest BCUT2D eigenvalue weighted by Gasteiger charge is -2.31. The molecule has 0 aliphatic carbocycles. The molecule has 0 atom stereocenters. The molecular formula is C10H23NO3SSi. The van der Waals surface area contributed by atoms with Crippen LogP contribution < -0.4 is 0 Å². The summed E-state index contributed by atoms with van der Waals surface area (Å²) in [6.07, 6.45) is 3.14. The summed E-state index contributed by atoms with van der Waals surface area (Å²) in [6, 6.07) is 0. The van der Waals surface area contributed by atoms with Gasteiger partial charge in [-0.25, -0.2) is 12.7 Å². The second-order valence-corrected chi connectivity index (χ2v) is 12.0. The molecule has 0 aromatic rings. The molecule has 16 heavy (non-hydrogen) atoms. The molecule has 0 N–H and O–H groups in total. The van der Waals surface area contributed by atoms with Crippen molar-refractivity contribution in [2.45, 2.75) is 32.5 Å². The first-order valence-electron chi connectivity index (χ1n) is 5.77. The van der Waals surface area contributed by atoms with Crippen LogP contribution in [0.4, 0.5) is 0 Å². The Labute approximate surface area is 100 Å². The Kier molecular flexibility index (Phi) is 4.56. The Morgan fingerprint density at radius 2 is 1.75 bits per heavy atom. The second-order valence-electron chi connectivity index (χ2n) is 5.53. The number of rotatable bonds is 4. The minimum absolute atomic E-state index is 0.532. The second kappa shape index (κ2) is 5.16. The van der Waals surface area contributed by atoms with E-state index in [0.717, 1.165) is 19.4 Å². The molecular weight excluding hydrogens is 242 g/mol. The Balaban J connectivity index is 2.33. The molecule has 0 radical (unpaired) electrons. The van der Waals surface area contributed by atoms with E-state index in [1.807, 2.05) is 0 Å². The molecule has 4 nitrogen and oxygen atoms in total. The normalized spacial score (nSPS) is 21.2. The maximum atomic E-state index is 11.3. The minimum Gasteiger partial charge on any atom is -0.417 e. The minimum atomic E-state index is -2.99. The third kappa shape index (κ3) is 4.95. The van der Waals surface area contributed by atoms with Gasteiger partial charge in [0, 0.05) is 19.7 Å². The lowest BCUT2D eigenvalue weighted by atomic mass is 10.00. The van der Waals surface area contributed by atoms with Gasteiger partial charge in [0.1, 0.15) is 0 Å². The van der Waals surface area contributed by atoms with Gasteiger partial charge < -0.3 is 4.43 Å². The van der Waals surface area contributed by atoms with Crippen LogP contribution in [0.15, 0.2) is 0 Å². The summed E-state index contributed by atoms with van der Waals surface area (Å²) in [4.78, 5) is 0. The number of nitrogens with zero attached hydrogens (tertiary/aromatic N) is 1. The Hall–Kier alpha value is 0.0869. The van der Waals surface area contributed by atoms with Crippen molar-refractivity contribution in [3.8, 4) is 0 Å². The van der Waals surface area contributed by atoms with Crippen LogP contribution in [0, 0.1) is 5.92 Å². The number of sulfonamides is 1. The molecule has 1 heterocycles. The van der Waals surface area contributed by atoms with Crippen molar-refractivity contribution in [2.24, 2.45) is 5.92 Å². The first kappa shape index (κ1) is 14.1. The molecule has 96 valence electrons. The average molecular weight is 265 g/mol. The van der Waals surface area contributed by atoms with Gasteiger partial charge in [0.25, 0.3) is 0 Å². The molecule has 0 bridgehead atoms. The van der Waals surface area contributed by atoms with Gasteiger partial charge in [-0.1, -0.05) is 0 Å². The van der Waals surface area contributed by atoms with Crippen LogP contribution in [-0.2, 0) is 14.4 Å². The first-order valence-corrected chi connectivity index (χ1v) is 11.0. The molecule has 0 unspecified atom stereocenters. The molecule has 0 aromatic carbocycles. The highest BCUT2D eigenvalue weighted by Gasteiger charge is 2.26. The van der Waals surface area contributed by atoms with Crippen molar-refractivity contribution in [3.05, 3.63) is 0 Å². The molecule has 0 saturated carbocycles. The average Bonchev–Trinajstić information content (AvgIpc) is 2.13. The van der Waals surface area contributed by atoms with E-state index in [-0.39, 0.29) is 0 Å². The summed E-state index contributed by atoms with van der Waals surface area (Å²) in [7, 11) is -4.42. The zero-order valence-corrected chi connectivity index (χ0v) is 12.5. The van der Waals surface area contributed by atoms with Gasteiger partial charge >= 0.3 is 0 Å². The van der Waals surface area contributed by atoms with Gasteiger partial charge in [-0.2, -0.15) is 0 Å². The van der Waals surface area contributed by atoms with E-state index in [9.17, 15) is 8.42 Å². The van der Waals surface area contributed by atoms with Crippen LogP contribution in [0.3, 0.4) is 0 Å². The fourth-order valence-corrected chi connectivity index (χ4v) is 3.39. The van der Waals surface area contributed by atoms with Crippen molar-refractivity contribution in [2.75, 3.05) is 26.0 Å². The molecule has 0 amide bonds. The van der Waals surface area contributed by atoms with Crippen LogP contribution in [0.1, 0.15) is 12.8 Å². The smallest absolute Gasteiger partial charge is 0.211 e. The van der Waals surface area contributed by atoms with E-state index < -0.39 is 18.3 Å². The molecule has 1 aliphatic heterocycles. The van der Waals surface area contributed by atoms with Gasteiger partial charge in [-0.3, -0.25) is 0 Å². The molecule has 1 saturated heterocycles. The van der Waals surface area contributed by atoms with E-state index in [0.29, 0.717) is 19.0 Å².